The lowest BCUT2D eigenvalue weighted by molar-refractivity contribution is 0.00266. The van der Waals surface area contributed by atoms with Gasteiger partial charge in [-0.15, -0.1) is 0 Å². The summed E-state index contributed by atoms with van der Waals surface area (Å²) >= 11 is 0. The number of ether oxygens (including phenoxy) is 1. The van der Waals surface area contributed by atoms with Crippen molar-refractivity contribution in [3.63, 3.8) is 0 Å². The molecular weight excluding hydrogens is 140 g/mol. The van der Waals surface area contributed by atoms with Crippen LogP contribution in [-0.2, 0) is 4.74 Å². The lowest BCUT2D eigenvalue weighted by atomic mass is 10.1. The van der Waals surface area contributed by atoms with Crippen LogP contribution in [0.5, 0.6) is 0 Å². The van der Waals surface area contributed by atoms with E-state index in [9.17, 15) is 5.11 Å². The lowest BCUT2D eigenvalue weighted by Crippen LogP contribution is -2.28. The molecule has 0 amide bonds. The highest BCUT2D eigenvalue weighted by atomic mass is 16.5. The molecule has 0 aliphatic heterocycles. The minimum atomic E-state index is -0.811. The molecule has 1 unspecified atom stereocenters. The molecule has 1 atom stereocenters. The Bertz CT molecular complexity index is 132. The van der Waals surface area contributed by atoms with E-state index < -0.39 is 5.60 Å². The van der Waals surface area contributed by atoms with Crippen LogP contribution in [-0.4, -0.2) is 23.9 Å². The number of hydrogen-bond donors (Lipinski definition) is 1. The SMILES string of the molecule is CCOCC(C)(O)C=C(C)C. The van der Waals surface area contributed by atoms with Gasteiger partial charge in [-0.3, -0.25) is 0 Å². The summed E-state index contributed by atoms with van der Waals surface area (Å²) in [6.07, 6.45) is 1.81. The molecule has 2 nitrogen and oxygen atoms in total. The topological polar surface area (TPSA) is 29.5 Å². The molecule has 0 rings (SSSR count). The summed E-state index contributed by atoms with van der Waals surface area (Å²) in [4.78, 5) is 0. The van der Waals surface area contributed by atoms with Crippen LogP contribution < -0.4 is 0 Å². The number of hydrogen-bond acceptors (Lipinski definition) is 2. The largest absolute Gasteiger partial charge is 0.384 e. The highest BCUT2D eigenvalue weighted by Crippen LogP contribution is 2.08. The van der Waals surface area contributed by atoms with Crippen LogP contribution in [0.4, 0.5) is 0 Å². The van der Waals surface area contributed by atoms with Gasteiger partial charge in [-0.25, -0.2) is 0 Å². The molecule has 2 heteroatoms. The van der Waals surface area contributed by atoms with Crippen LogP contribution in [0.15, 0.2) is 11.6 Å². The molecule has 0 bridgehead atoms. The van der Waals surface area contributed by atoms with E-state index in [0.717, 1.165) is 5.57 Å². The summed E-state index contributed by atoms with van der Waals surface area (Å²) in [6.45, 7) is 8.59. The molecule has 0 aliphatic rings. The average Bonchev–Trinajstić information content (AvgIpc) is 1.81. The molecule has 0 aromatic rings. The van der Waals surface area contributed by atoms with Crippen molar-refractivity contribution in [1.82, 2.24) is 0 Å². The normalized spacial score (nSPS) is 15.7. The molecule has 0 fully saturated rings. The van der Waals surface area contributed by atoms with Crippen molar-refractivity contribution in [2.75, 3.05) is 13.2 Å². The fourth-order valence-corrected chi connectivity index (χ4v) is 0.972. The van der Waals surface area contributed by atoms with Gasteiger partial charge in [0.25, 0.3) is 0 Å². The van der Waals surface area contributed by atoms with Crippen molar-refractivity contribution in [3.05, 3.63) is 11.6 Å². The fourth-order valence-electron chi connectivity index (χ4n) is 0.972. The quantitative estimate of drug-likeness (QED) is 0.631. The Kier molecular flexibility index (Phi) is 4.38. The third-order valence-electron chi connectivity index (χ3n) is 1.20. The maximum absolute atomic E-state index is 9.61. The second-order valence-corrected chi connectivity index (χ2v) is 3.22. The van der Waals surface area contributed by atoms with Crippen molar-refractivity contribution < 1.29 is 9.84 Å². The van der Waals surface area contributed by atoms with Crippen molar-refractivity contribution in [2.45, 2.75) is 33.3 Å². The van der Waals surface area contributed by atoms with Crippen LogP contribution in [0.3, 0.4) is 0 Å². The highest BCUT2D eigenvalue weighted by Gasteiger charge is 2.15. The Hall–Kier alpha value is -0.340. The van der Waals surface area contributed by atoms with E-state index in [2.05, 4.69) is 0 Å². The van der Waals surface area contributed by atoms with E-state index in [-0.39, 0.29) is 0 Å². The van der Waals surface area contributed by atoms with Gasteiger partial charge in [0.1, 0.15) is 5.60 Å². The first-order valence-corrected chi connectivity index (χ1v) is 3.94. The van der Waals surface area contributed by atoms with E-state index in [0.29, 0.717) is 13.2 Å². The molecule has 11 heavy (non-hydrogen) atoms. The Morgan fingerprint density at radius 1 is 1.55 bits per heavy atom. The van der Waals surface area contributed by atoms with E-state index in [1.165, 1.54) is 0 Å². The lowest BCUT2D eigenvalue weighted by Gasteiger charge is -2.18. The maximum atomic E-state index is 9.61. The molecule has 66 valence electrons. The molecule has 0 saturated carbocycles. The zero-order chi connectivity index (χ0) is 8.91. The summed E-state index contributed by atoms with van der Waals surface area (Å²) in [5, 5.41) is 9.61. The van der Waals surface area contributed by atoms with Crippen LogP contribution >= 0.6 is 0 Å². The van der Waals surface area contributed by atoms with Crippen molar-refractivity contribution in [3.8, 4) is 0 Å². The summed E-state index contributed by atoms with van der Waals surface area (Å²) in [6, 6.07) is 0. The van der Waals surface area contributed by atoms with Gasteiger partial charge >= 0.3 is 0 Å². The van der Waals surface area contributed by atoms with Gasteiger partial charge in [-0.05, 0) is 27.7 Å². The van der Waals surface area contributed by atoms with Gasteiger partial charge in [-0.1, -0.05) is 11.6 Å². The molecule has 0 spiro atoms. The number of allylic oxidation sites excluding steroid dienone is 1. The standard InChI is InChI=1S/C9H18O2/c1-5-11-7-9(4,10)6-8(2)3/h6,10H,5,7H2,1-4H3. The second kappa shape index (κ2) is 4.52. The summed E-state index contributed by atoms with van der Waals surface area (Å²) in [5.41, 5.74) is 0.296. The summed E-state index contributed by atoms with van der Waals surface area (Å²) in [7, 11) is 0. The molecule has 0 aromatic carbocycles. The van der Waals surface area contributed by atoms with Gasteiger partial charge in [0.05, 0.1) is 6.61 Å². The molecule has 0 radical (unpaired) electrons. The van der Waals surface area contributed by atoms with Crippen LogP contribution in [0, 0.1) is 0 Å². The Labute approximate surface area is 68.9 Å². The Balaban J connectivity index is 3.90. The third kappa shape index (κ3) is 6.07. The second-order valence-electron chi connectivity index (χ2n) is 3.22. The van der Waals surface area contributed by atoms with E-state index >= 15 is 0 Å². The smallest absolute Gasteiger partial charge is 0.103 e. The van der Waals surface area contributed by atoms with Crippen molar-refractivity contribution in [1.29, 1.82) is 0 Å². The number of aliphatic hydroxyl groups is 1. The van der Waals surface area contributed by atoms with Gasteiger partial charge in [-0.2, -0.15) is 0 Å². The maximum Gasteiger partial charge on any atom is 0.103 e. The Morgan fingerprint density at radius 3 is 2.45 bits per heavy atom. The minimum Gasteiger partial charge on any atom is -0.384 e. The first-order chi connectivity index (χ1) is 4.98. The van der Waals surface area contributed by atoms with Gasteiger partial charge in [0, 0.05) is 6.61 Å². The zero-order valence-corrected chi connectivity index (χ0v) is 7.85. The van der Waals surface area contributed by atoms with E-state index in [4.69, 9.17) is 4.74 Å². The number of rotatable bonds is 4. The van der Waals surface area contributed by atoms with Crippen LogP contribution in [0.2, 0.25) is 0 Å². The van der Waals surface area contributed by atoms with Crippen molar-refractivity contribution >= 4 is 0 Å². The van der Waals surface area contributed by atoms with Gasteiger partial charge < -0.3 is 9.84 Å². The van der Waals surface area contributed by atoms with Gasteiger partial charge in [0.2, 0.25) is 0 Å². The average molecular weight is 158 g/mol. The molecule has 0 aromatic heterocycles. The summed E-state index contributed by atoms with van der Waals surface area (Å²) in [5.74, 6) is 0. The minimum absolute atomic E-state index is 0.370. The summed E-state index contributed by atoms with van der Waals surface area (Å²) < 4.78 is 5.10. The first-order valence-electron chi connectivity index (χ1n) is 3.94. The fraction of sp³-hybridized carbons (Fsp3) is 0.778. The zero-order valence-electron chi connectivity index (χ0n) is 7.85. The van der Waals surface area contributed by atoms with Crippen LogP contribution in [0.1, 0.15) is 27.7 Å². The van der Waals surface area contributed by atoms with Gasteiger partial charge in [0.15, 0.2) is 0 Å². The molecular formula is C9H18O2. The van der Waals surface area contributed by atoms with Crippen LogP contribution in [0.25, 0.3) is 0 Å². The molecule has 1 N–H and O–H groups in total. The monoisotopic (exact) mass is 158 g/mol. The van der Waals surface area contributed by atoms with Crippen molar-refractivity contribution in [2.24, 2.45) is 0 Å². The first kappa shape index (κ1) is 10.7. The highest BCUT2D eigenvalue weighted by molar-refractivity contribution is 5.04. The molecule has 0 heterocycles. The predicted octanol–water partition coefficient (Wildman–Crippen LogP) is 1.74. The molecule has 0 aliphatic carbocycles. The third-order valence-corrected chi connectivity index (χ3v) is 1.20. The van der Waals surface area contributed by atoms with E-state index in [1.807, 2.05) is 26.8 Å². The van der Waals surface area contributed by atoms with E-state index in [1.54, 1.807) is 6.92 Å². The Morgan fingerprint density at radius 2 is 2.09 bits per heavy atom. The molecule has 0 saturated heterocycles. The predicted molar refractivity (Wildman–Crippen MR) is 46.5 cm³/mol.